The topological polar surface area (TPSA) is 50.4 Å². The molecule has 0 aromatic heterocycles. The van der Waals surface area contributed by atoms with E-state index in [1.54, 1.807) is 0 Å². The highest BCUT2D eigenvalue weighted by Gasteiger charge is 2.32. The van der Waals surface area contributed by atoms with Gasteiger partial charge in [0, 0.05) is 5.70 Å². The number of carbonyl (C=O) groups is 1. The van der Waals surface area contributed by atoms with Gasteiger partial charge in [-0.2, -0.15) is 0 Å². The van der Waals surface area contributed by atoms with Crippen LogP contribution in [-0.2, 0) is 14.9 Å². The zero-order chi connectivity index (χ0) is 18.6. The summed E-state index contributed by atoms with van der Waals surface area (Å²) in [6.45, 7) is 10.8. The summed E-state index contributed by atoms with van der Waals surface area (Å²) in [4.78, 5) is 12.6. The second-order valence-corrected chi connectivity index (χ2v) is 7.67. The van der Waals surface area contributed by atoms with Crippen molar-refractivity contribution in [2.45, 2.75) is 58.9 Å². The summed E-state index contributed by atoms with van der Waals surface area (Å²) in [6.07, 6.45) is 1.68. The van der Waals surface area contributed by atoms with Crippen molar-refractivity contribution in [3.05, 3.63) is 46.7 Å². The van der Waals surface area contributed by atoms with E-state index < -0.39 is 0 Å². The van der Waals surface area contributed by atoms with Gasteiger partial charge in [0.25, 0.3) is 0 Å². The molecule has 1 heterocycles. The van der Waals surface area contributed by atoms with Crippen LogP contribution < -0.4 is 10.6 Å². The predicted octanol–water partition coefficient (Wildman–Crippen LogP) is 4.12. The molecule has 0 radical (unpaired) electrons. The van der Waals surface area contributed by atoms with Crippen LogP contribution in [0.2, 0.25) is 0 Å². The molecule has 0 saturated carbocycles. The van der Waals surface area contributed by atoms with Crippen LogP contribution in [0.15, 0.2) is 35.5 Å². The number of hydrogen-bond donors (Lipinski definition) is 2. The fourth-order valence-corrected chi connectivity index (χ4v) is 3.18. The molecule has 1 aliphatic rings. The summed E-state index contributed by atoms with van der Waals surface area (Å²) in [6, 6.07) is 8.07. The molecule has 0 saturated heterocycles. The van der Waals surface area contributed by atoms with Crippen LogP contribution in [0.3, 0.4) is 0 Å². The number of benzene rings is 1. The number of ether oxygens (including phenoxy) is 1. The molecule has 1 aromatic carbocycles. The minimum Gasteiger partial charge on any atom is -0.463 e. The highest BCUT2D eigenvalue weighted by molar-refractivity contribution is 7.80. The number of nitrogens with one attached hydrogen (secondary N) is 2. The molecule has 25 heavy (non-hydrogen) atoms. The van der Waals surface area contributed by atoms with Crippen molar-refractivity contribution in [1.29, 1.82) is 0 Å². The first-order valence-corrected chi connectivity index (χ1v) is 9.26. The highest BCUT2D eigenvalue weighted by Crippen LogP contribution is 2.31. The van der Waals surface area contributed by atoms with Crippen molar-refractivity contribution >= 4 is 23.3 Å². The zero-order valence-electron chi connectivity index (χ0n) is 15.7. The molecule has 0 bridgehead atoms. The van der Waals surface area contributed by atoms with Crippen molar-refractivity contribution in [3.8, 4) is 0 Å². The Kier molecular flexibility index (Phi) is 6.22. The third kappa shape index (κ3) is 4.60. The lowest BCUT2D eigenvalue weighted by atomic mass is 9.85. The summed E-state index contributed by atoms with van der Waals surface area (Å²) in [5.41, 5.74) is 3.83. The van der Waals surface area contributed by atoms with E-state index in [9.17, 15) is 4.79 Å². The van der Waals surface area contributed by atoms with Crippen LogP contribution in [0, 0.1) is 0 Å². The van der Waals surface area contributed by atoms with E-state index in [-0.39, 0.29) is 17.4 Å². The Labute approximate surface area is 156 Å². The minimum atomic E-state index is -0.293. The van der Waals surface area contributed by atoms with Crippen molar-refractivity contribution in [1.82, 2.24) is 10.6 Å². The van der Waals surface area contributed by atoms with E-state index in [1.165, 1.54) is 5.56 Å². The standard InChI is InChI=1S/C20H28N2O2S/c1-6-8-15-16(18(23)24-7-2)17(22-19(25)21-15)13-9-11-14(12-10-13)20(3,4)5/h9-12,17H,6-8H2,1-5H3,(H2,21,22,25)/t17-/m0/s1. The highest BCUT2D eigenvalue weighted by atomic mass is 32.1. The van der Waals surface area contributed by atoms with Gasteiger partial charge in [-0.15, -0.1) is 0 Å². The van der Waals surface area contributed by atoms with Gasteiger partial charge in [0.1, 0.15) is 0 Å². The third-order valence-corrected chi connectivity index (χ3v) is 4.48. The Morgan fingerprint density at radius 1 is 1.20 bits per heavy atom. The van der Waals surface area contributed by atoms with Gasteiger partial charge in [-0.25, -0.2) is 4.79 Å². The molecule has 2 rings (SSSR count). The zero-order valence-corrected chi connectivity index (χ0v) is 16.5. The number of rotatable bonds is 5. The largest absolute Gasteiger partial charge is 0.463 e. The lowest BCUT2D eigenvalue weighted by molar-refractivity contribution is -0.139. The summed E-state index contributed by atoms with van der Waals surface area (Å²) >= 11 is 5.35. The molecule has 0 unspecified atom stereocenters. The van der Waals surface area contributed by atoms with Crippen LogP contribution in [-0.4, -0.2) is 17.7 Å². The third-order valence-electron chi connectivity index (χ3n) is 4.26. The van der Waals surface area contributed by atoms with Gasteiger partial charge in [-0.05, 0) is 42.1 Å². The molecule has 4 nitrogen and oxygen atoms in total. The van der Waals surface area contributed by atoms with Crippen LogP contribution in [0.4, 0.5) is 0 Å². The Morgan fingerprint density at radius 3 is 2.36 bits per heavy atom. The molecule has 0 aliphatic carbocycles. The van der Waals surface area contributed by atoms with E-state index in [2.05, 4.69) is 62.6 Å². The van der Waals surface area contributed by atoms with Crippen LogP contribution >= 0.6 is 12.2 Å². The Morgan fingerprint density at radius 2 is 1.84 bits per heavy atom. The van der Waals surface area contributed by atoms with Gasteiger partial charge in [-0.3, -0.25) is 0 Å². The van der Waals surface area contributed by atoms with E-state index in [4.69, 9.17) is 17.0 Å². The molecule has 136 valence electrons. The van der Waals surface area contributed by atoms with Crippen molar-refractivity contribution in [2.24, 2.45) is 0 Å². The summed E-state index contributed by atoms with van der Waals surface area (Å²) in [7, 11) is 0. The Balaban J connectivity index is 2.46. The molecule has 1 aliphatic heterocycles. The van der Waals surface area contributed by atoms with E-state index in [1.807, 2.05) is 6.92 Å². The predicted molar refractivity (Wildman–Crippen MR) is 105 cm³/mol. The van der Waals surface area contributed by atoms with Gasteiger partial charge in [-0.1, -0.05) is 58.4 Å². The minimum absolute atomic E-state index is 0.0859. The Hall–Kier alpha value is -1.88. The first kappa shape index (κ1) is 19.4. The second-order valence-electron chi connectivity index (χ2n) is 7.27. The smallest absolute Gasteiger partial charge is 0.338 e. The van der Waals surface area contributed by atoms with E-state index in [0.29, 0.717) is 17.3 Å². The number of allylic oxidation sites excluding steroid dienone is 1. The monoisotopic (exact) mass is 360 g/mol. The summed E-state index contributed by atoms with van der Waals surface area (Å²) < 4.78 is 5.30. The number of thiocarbonyl (C=S) groups is 1. The molecular formula is C20H28N2O2S. The molecule has 2 N–H and O–H groups in total. The number of hydrogen-bond acceptors (Lipinski definition) is 3. The SMILES string of the molecule is CCCC1=C(C(=O)OCC)[C@H](c2ccc(C(C)(C)C)cc2)NC(=S)N1. The maximum Gasteiger partial charge on any atom is 0.338 e. The van der Waals surface area contributed by atoms with Gasteiger partial charge in [0.15, 0.2) is 5.11 Å². The van der Waals surface area contributed by atoms with Crippen molar-refractivity contribution < 1.29 is 9.53 Å². The fourth-order valence-electron chi connectivity index (χ4n) is 2.94. The number of esters is 1. The average Bonchev–Trinajstić information content (AvgIpc) is 2.54. The van der Waals surface area contributed by atoms with Crippen molar-refractivity contribution in [3.63, 3.8) is 0 Å². The van der Waals surface area contributed by atoms with Gasteiger partial charge >= 0.3 is 5.97 Å². The first-order chi connectivity index (χ1) is 11.8. The summed E-state index contributed by atoms with van der Waals surface area (Å²) in [5.74, 6) is -0.293. The van der Waals surface area contributed by atoms with Gasteiger partial charge in [0.05, 0.1) is 18.2 Å². The normalized spacial score (nSPS) is 17.8. The molecule has 0 amide bonds. The maximum absolute atomic E-state index is 12.6. The lowest BCUT2D eigenvalue weighted by Gasteiger charge is -2.31. The molecule has 0 fully saturated rings. The molecular weight excluding hydrogens is 332 g/mol. The quantitative estimate of drug-likeness (QED) is 0.611. The molecule has 5 heteroatoms. The Bertz CT molecular complexity index is 672. The van der Waals surface area contributed by atoms with E-state index >= 15 is 0 Å². The summed E-state index contributed by atoms with van der Waals surface area (Å²) in [5, 5.41) is 6.91. The average molecular weight is 361 g/mol. The van der Waals surface area contributed by atoms with E-state index in [0.717, 1.165) is 24.1 Å². The fraction of sp³-hybridized carbons (Fsp3) is 0.500. The number of carbonyl (C=O) groups excluding carboxylic acids is 1. The maximum atomic E-state index is 12.6. The van der Waals surface area contributed by atoms with Crippen molar-refractivity contribution in [2.75, 3.05) is 6.61 Å². The van der Waals surface area contributed by atoms with Crippen LogP contribution in [0.25, 0.3) is 0 Å². The van der Waals surface area contributed by atoms with Crippen LogP contribution in [0.5, 0.6) is 0 Å². The first-order valence-electron chi connectivity index (χ1n) is 8.86. The van der Waals surface area contributed by atoms with Gasteiger partial charge < -0.3 is 15.4 Å². The van der Waals surface area contributed by atoms with Crippen LogP contribution in [0.1, 0.15) is 64.6 Å². The molecule has 1 atom stereocenters. The molecule has 0 spiro atoms. The lowest BCUT2D eigenvalue weighted by Crippen LogP contribution is -2.45. The van der Waals surface area contributed by atoms with Gasteiger partial charge in [0.2, 0.25) is 0 Å². The molecule has 1 aromatic rings. The second kappa shape index (κ2) is 8.00.